The zero-order valence-electron chi connectivity index (χ0n) is 15.3. The molecule has 28 heavy (non-hydrogen) atoms. The molecule has 1 aromatic carbocycles. The molecular weight excluding hydrogens is 440 g/mol. The van der Waals surface area contributed by atoms with Gasteiger partial charge >= 0.3 is 0 Å². The molecule has 2 aliphatic carbocycles. The van der Waals surface area contributed by atoms with E-state index in [1.165, 1.54) is 17.5 Å². The number of halogens is 4. The molecule has 4 atom stereocenters. The lowest BCUT2D eigenvalue weighted by molar-refractivity contribution is 0.344. The molecule has 2 fully saturated rings. The Morgan fingerprint density at radius 3 is 2.25 bits per heavy atom. The van der Waals surface area contributed by atoms with Crippen molar-refractivity contribution in [3.05, 3.63) is 49.2 Å². The number of hydrogen-bond acceptors (Lipinski definition) is 3. The predicted octanol–water partition coefficient (Wildman–Crippen LogP) is 6.94. The summed E-state index contributed by atoms with van der Waals surface area (Å²) < 4.78 is 11.6. The van der Waals surface area contributed by atoms with Gasteiger partial charge in [-0.1, -0.05) is 46.4 Å². The fraction of sp³-hybridized carbons (Fsp3) is 0.476. The maximum absolute atomic E-state index is 6.64. The number of nitrogens with zero attached hydrogens (tertiary/aromatic N) is 1. The van der Waals surface area contributed by atoms with E-state index >= 15 is 0 Å². The van der Waals surface area contributed by atoms with Crippen LogP contribution in [0.3, 0.4) is 0 Å². The van der Waals surface area contributed by atoms with Gasteiger partial charge in [0.15, 0.2) is 0 Å². The summed E-state index contributed by atoms with van der Waals surface area (Å²) in [4.78, 5) is 4.08. The molecular formula is C21H19Cl4NO2. The second-order valence-electron chi connectivity index (χ2n) is 7.88. The molecule has 0 spiro atoms. The van der Waals surface area contributed by atoms with Crippen LogP contribution in [-0.4, -0.2) is 18.7 Å². The van der Waals surface area contributed by atoms with E-state index in [4.69, 9.17) is 55.9 Å². The van der Waals surface area contributed by atoms with Crippen LogP contribution in [0.15, 0.2) is 12.1 Å². The molecule has 148 valence electrons. The summed E-state index contributed by atoms with van der Waals surface area (Å²) in [5.74, 6) is 3.29. The normalized spacial score (nSPS) is 27.8. The van der Waals surface area contributed by atoms with Gasteiger partial charge in [0.05, 0.1) is 23.8 Å². The summed E-state index contributed by atoms with van der Waals surface area (Å²) >= 11 is 25.8. The highest BCUT2D eigenvalue weighted by atomic mass is 35.5. The van der Waals surface area contributed by atoms with Gasteiger partial charge in [0.1, 0.15) is 21.8 Å². The number of hydrogen-bond donors (Lipinski definition) is 0. The fourth-order valence-electron chi connectivity index (χ4n) is 5.74. The third-order valence-electron chi connectivity index (χ3n) is 6.72. The Balaban J connectivity index is 1.73. The molecule has 2 heterocycles. The van der Waals surface area contributed by atoms with E-state index in [1.54, 1.807) is 7.11 Å². The Labute approximate surface area is 184 Å². The minimum absolute atomic E-state index is 0.137. The highest BCUT2D eigenvalue weighted by Gasteiger charge is 2.52. The van der Waals surface area contributed by atoms with E-state index in [-0.39, 0.29) is 22.1 Å². The van der Waals surface area contributed by atoms with E-state index in [2.05, 4.69) is 4.98 Å². The Kier molecular flexibility index (Phi) is 4.86. The maximum atomic E-state index is 6.64. The Morgan fingerprint density at radius 2 is 1.61 bits per heavy atom. The number of fused-ring (bicyclic) bond motifs is 3. The van der Waals surface area contributed by atoms with Gasteiger partial charge in [-0.2, -0.15) is 0 Å². The SMILES string of the molecule is COc1ccc2c(c1[C@H]1[C@@H]3CC[C@@H](C3)[C@H]1c1c(Cl)c(Cl)nc(Cl)c1Cl)CCO2. The Bertz CT molecular complexity index is 938. The van der Waals surface area contributed by atoms with Crippen molar-refractivity contribution in [1.82, 2.24) is 4.98 Å². The van der Waals surface area contributed by atoms with Gasteiger partial charge in [0.25, 0.3) is 0 Å². The standard InChI is InChI=1S/C21H19Cl4NO2/c1-27-13-5-4-12-11(6-7-28-12)16(13)14-9-2-3-10(8-9)15(14)17-18(22)20(24)26-21(25)19(17)23/h4-5,9-10,14-15H,2-3,6-8H2,1H3/t9-,10+,14+,15-/m1/s1. The summed E-state index contributed by atoms with van der Waals surface area (Å²) in [5.41, 5.74) is 3.33. The van der Waals surface area contributed by atoms with Crippen molar-refractivity contribution in [3.63, 3.8) is 0 Å². The van der Waals surface area contributed by atoms with E-state index in [9.17, 15) is 0 Å². The van der Waals surface area contributed by atoms with Crippen LogP contribution in [0.2, 0.25) is 20.4 Å². The summed E-state index contributed by atoms with van der Waals surface area (Å²) in [7, 11) is 1.73. The van der Waals surface area contributed by atoms with Gasteiger partial charge in [-0.25, -0.2) is 4.98 Å². The van der Waals surface area contributed by atoms with Crippen molar-refractivity contribution in [3.8, 4) is 11.5 Å². The first kappa shape index (κ1) is 19.1. The van der Waals surface area contributed by atoms with Crippen LogP contribution in [0.5, 0.6) is 11.5 Å². The van der Waals surface area contributed by atoms with Crippen LogP contribution in [0.4, 0.5) is 0 Å². The average Bonchev–Trinajstić information content (AvgIpc) is 3.41. The van der Waals surface area contributed by atoms with Crippen LogP contribution in [0.1, 0.15) is 47.8 Å². The molecule has 0 radical (unpaired) electrons. The van der Waals surface area contributed by atoms with Gasteiger partial charge in [-0.15, -0.1) is 0 Å². The Hall–Kier alpha value is -0.870. The predicted molar refractivity (Wildman–Crippen MR) is 113 cm³/mol. The lowest BCUT2D eigenvalue weighted by Gasteiger charge is -2.35. The first-order chi connectivity index (χ1) is 13.5. The molecule has 3 nitrogen and oxygen atoms in total. The van der Waals surface area contributed by atoms with Crippen LogP contribution in [0.25, 0.3) is 0 Å². The largest absolute Gasteiger partial charge is 0.496 e. The lowest BCUT2D eigenvalue weighted by Crippen LogP contribution is -2.22. The molecule has 0 unspecified atom stereocenters. The number of ether oxygens (including phenoxy) is 2. The molecule has 1 aromatic heterocycles. The zero-order chi connectivity index (χ0) is 19.6. The molecule has 2 bridgehead atoms. The van der Waals surface area contributed by atoms with E-state index in [0.717, 1.165) is 36.3 Å². The summed E-state index contributed by atoms with van der Waals surface area (Å²) in [6.07, 6.45) is 4.39. The molecule has 3 aliphatic rings. The van der Waals surface area contributed by atoms with Crippen molar-refractivity contribution in [1.29, 1.82) is 0 Å². The number of benzene rings is 1. The first-order valence-corrected chi connectivity index (χ1v) is 11.0. The average molecular weight is 459 g/mol. The fourth-order valence-corrected chi connectivity index (χ4v) is 6.73. The van der Waals surface area contributed by atoms with Gasteiger partial charge in [0.2, 0.25) is 0 Å². The lowest BCUT2D eigenvalue weighted by atomic mass is 9.71. The van der Waals surface area contributed by atoms with Crippen molar-refractivity contribution >= 4 is 46.4 Å². The number of pyridine rings is 1. The second-order valence-corrected chi connectivity index (χ2v) is 9.35. The quantitative estimate of drug-likeness (QED) is 0.467. The minimum atomic E-state index is 0.137. The molecule has 0 saturated heterocycles. The summed E-state index contributed by atoms with van der Waals surface area (Å²) in [6, 6.07) is 4.02. The first-order valence-electron chi connectivity index (χ1n) is 9.53. The van der Waals surface area contributed by atoms with Gasteiger partial charge in [-0.3, -0.25) is 0 Å². The van der Waals surface area contributed by atoms with Gasteiger partial charge in [-0.05, 0) is 60.6 Å². The van der Waals surface area contributed by atoms with Crippen LogP contribution >= 0.6 is 46.4 Å². The monoisotopic (exact) mass is 457 g/mol. The third kappa shape index (κ3) is 2.74. The number of methoxy groups -OCH3 is 1. The topological polar surface area (TPSA) is 31.4 Å². The summed E-state index contributed by atoms with van der Waals surface area (Å²) in [5, 5.41) is 1.25. The molecule has 7 heteroatoms. The van der Waals surface area contributed by atoms with E-state index < -0.39 is 0 Å². The minimum Gasteiger partial charge on any atom is -0.496 e. The highest BCUT2D eigenvalue weighted by molar-refractivity contribution is 6.46. The third-order valence-corrected chi connectivity index (χ3v) is 8.22. The number of rotatable bonds is 3. The van der Waals surface area contributed by atoms with Crippen molar-refractivity contribution in [2.24, 2.45) is 11.8 Å². The number of aromatic nitrogens is 1. The molecule has 2 aromatic rings. The molecule has 1 aliphatic heterocycles. The van der Waals surface area contributed by atoms with Crippen molar-refractivity contribution in [2.75, 3.05) is 13.7 Å². The van der Waals surface area contributed by atoms with Gasteiger partial charge in [0, 0.05) is 17.5 Å². The molecule has 0 amide bonds. The van der Waals surface area contributed by atoms with Crippen molar-refractivity contribution in [2.45, 2.75) is 37.5 Å². The highest BCUT2D eigenvalue weighted by Crippen LogP contribution is 2.65. The Morgan fingerprint density at radius 1 is 0.964 bits per heavy atom. The molecule has 5 rings (SSSR count). The van der Waals surface area contributed by atoms with Crippen molar-refractivity contribution < 1.29 is 9.47 Å². The molecule has 2 saturated carbocycles. The summed E-state index contributed by atoms with van der Waals surface area (Å²) in [6.45, 7) is 0.704. The molecule has 0 N–H and O–H groups in total. The van der Waals surface area contributed by atoms with E-state index in [0.29, 0.717) is 28.5 Å². The zero-order valence-corrected chi connectivity index (χ0v) is 18.3. The van der Waals surface area contributed by atoms with Crippen LogP contribution in [-0.2, 0) is 6.42 Å². The maximum Gasteiger partial charge on any atom is 0.149 e. The van der Waals surface area contributed by atoms with Crippen LogP contribution in [0, 0.1) is 11.8 Å². The van der Waals surface area contributed by atoms with E-state index in [1.807, 2.05) is 12.1 Å². The second kappa shape index (κ2) is 7.12. The smallest absolute Gasteiger partial charge is 0.149 e. The van der Waals surface area contributed by atoms with Crippen LogP contribution < -0.4 is 9.47 Å². The van der Waals surface area contributed by atoms with Gasteiger partial charge < -0.3 is 9.47 Å².